The number of carbonyl (C=O) groups excluding carboxylic acids is 2. The minimum absolute atomic E-state index is 0.127. The quantitative estimate of drug-likeness (QED) is 0.0211. The van der Waals surface area contributed by atoms with Gasteiger partial charge in [0.1, 0.15) is 13.2 Å². The SMILES string of the molecule is CC/C=C\C/C=C\C/C=C\C/C=C\C/C=C\C/C=C\CCC(=O)OC(COC(=O)CCCCCCCCCCCCCCC/C=C\C/C=C\C/C=C\C/C=C\C/C=C\CC)COC(OCC[N+](C)(C)C)C(=O)O. The average molecular weight is 1020 g/mol. The number of nitrogens with zero attached hydrogens (tertiary/aromatic N) is 1. The van der Waals surface area contributed by atoms with Crippen molar-refractivity contribution in [2.75, 3.05) is 47.5 Å². The first kappa shape index (κ1) is 68.4. The van der Waals surface area contributed by atoms with Crippen molar-refractivity contribution in [1.29, 1.82) is 0 Å². The molecular formula is C64H104NO8+. The summed E-state index contributed by atoms with van der Waals surface area (Å²) in [6.45, 7) is 4.54. The van der Waals surface area contributed by atoms with Crippen LogP contribution in [0.25, 0.3) is 0 Å². The second-order valence-electron chi connectivity index (χ2n) is 19.5. The van der Waals surface area contributed by atoms with E-state index in [0.29, 0.717) is 17.4 Å². The predicted octanol–water partition coefficient (Wildman–Crippen LogP) is 16.7. The van der Waals surface area contributed by atoms with Gasteiger partial charge in [-0.25, -0.2) is 4.79 Å². The van der Waals surface area contributed by atoms with Gasteiger partial charge in [-0.3, -0.25) is 9.59 Å². The van der Waals surface area contributed by atoms with Gasteiger partial charge in [0, 0.05) is 12.8 Å². The van der Waals surface area contributed by atoms with Gasteiger partial charge in [0.2, 0.25) is 0 Å². The Kier molecular flexibility index (Phi) is 50.4. The summed E-state index contributed by atoms with van der Waals surface area (Å²) in [7, 11) is 5.93. The van der Waals surface area contributed by atoms with Crippen LogP contribution in [-0.4, -0.2) is 87.4 Å². The first-order valence-corrected chi connectivity index (χ1v) is 28.3. The topological polar surface area (TPSA) is 108 Å². The lowest BCUT2D eigenvalue weighted by Crippen LogP contribution is -2.40. The van der Waals surface area contributed by atoms with E-state index in [0.717, 1.165) is 89.9 Å². The minimum atomic E-state index is -1.54. The van der Waals surface area contributed by atoms with Gasteiger partial charge >= 0.3 is 17.9 Å². The Balaban J connectivity index is 4.32. The van der Waals surface area contributed by atoms with Crippen LogP contribution in [0.15, 0.2) is 134 Å². The number of hydrogen-bond acceptors (Lipinski definition) is 7. The molecule has 1 N–H and O–H groups in total. The molecule has 2 atom stereocenters. The van der Waals surface area contributed by atoms with Crippen molar-refractivity contribution in [2.45, 2.75) is 206 Å². The van der Waals surface area contributed by atoms with Crippen LogP contribution in [0.1, 0.15) is 194 Å². The van der Waals surface area contributed by atoms with Crippen molar-refractivity contribution in [1.82, 2.24) is 0 Å². The van der Waals surface area contributed by atoms with Crippen LogP contribution in [0, 0.1) is 0 Å². The smallest absolute Gasteiger partial charge is 0.361 e. The van der Waals surface area contributed by atoms with Crippen molar-refractivity contribution in [3.8, 4) is 0 Å². The molecule has 0 aromatic heterocycles. The van der Waals surface area contributed by atoms with Crippen molar-refractivity contribution in [2.24, 2.45) is 0 Å². The second-order valence-corrected chi connectivity index (χ2v) is 19.5. The highest BCUT2D eigenvalue weighted by atomic mass is 16.7. The van der Waals surface area contributed by atoms with Crippen molar-refractivity contribution in [3.05, 3.63) is 134 Å². The summed E-state index contributed by atoms with van der Waals surface area (Å²) in [6.07, 6.45) is 74.0. The van der Waals surface area contributed by atoms with Gasteiger partial charge in [-0.15, -0.1) is 0 Å². The number of aliphatic carboxylic acids is 1. The number of ether oxygens (including phenoxy) is 4. The number of rotatable bonds is 50. The van der Waals surface area contributed by atoms with Crippen LogP contribution in [0.5, 0.6) is 0 Å². The molecule has 0 spiro atoms. The third kappa shape index (κ3) is 55.0. The standard InChI is InChI=1S/C64H103NO8/c1-6-8-10-12-14-16-18-20-22-24-26-27-28-29-30-31-32-33-34-35-37-38-40-42-44-46-48-50-52-54-61(66)71-58-60(59-72-64(63(68)69)70-57-56-65(3,4)5)73-62(67)55-53-51-49-47-45-43-41-39-36-25-23-21-19-17-15-13-11-9-7-2/h8-11,14-17,20-23,26-27,29-30,36,39,43,45,49,51,60,64H,6-7,12-13,18-19,24-25,28,31-35,37-38,40-42,44,46-48,50,52-59H2,1-5H3/p+1/b10-8-,11-9-,16-14-,17-15-,22-20-,23-21-,27-26-,30-29-,39-36-,45-43-,51-49-. The molecular weight excluding hydrogens is 911 g/mol. The first-order valence-electron chi connectivity index (χ1n) is 28.3. The molecule has 9 heteroatoms. The molecule has 0 saturated carbocycles. The molecule has 412 valence electrons. The van der Waals surface area contributed by atoms with Crippen molar-refractivity contribution in [3.63, 3.8) is 0 Å². The molecule has 0 aliphatic heterocycles. The minimum Gasteiger partial charge on any atom is -0.477 e. The fourth-order valence-corrected chi connectivity index (χ4v) is 7.12. The van der Waals surface area contributed by atoms with E-state index in [4.69, 9.17) is 18.9 Å². The third-order valence-corrected chi connectivity index (χ3v) is 11.4. The average Bonchev–Trinajstić information content (AvgIpc) is 3.36. The number of allylic oxidation sites excluding steroid dienone is 22. The molecule has 0 aromatic rings. The molecule has 0 bridgehead atoms. The van der Waals surface area contributed by atoms with E-state index in [1.165, 1.54) is 70.6 Å². The maximum atomic E-state index is 12.8. The summed E-state index contributed by atoms with van der Waals surface area (Å²) < 4.78 is 22.7. The van der Waals surface area contributed by atoms with Crippen LogP contribution in [-0.2, 0) is 33.3 Å². The molecule has 0 saturated heterocycles. The maximum Gasteiger partial charge on any atom is 0.361 e. The second kappa shape index (κ2) is 53.7. The lowest BCUT2D eigenvalue weighted by Gasteiger charge is -2.25. The van der Waals surface area contributed by atoms with E-state index < -0.39 is 24.3 Å². The Bertz CT molecular complexity index is 1650. The van der Waals surface area contributed by atoms with E-state index in [1.807, 2.05) is 33.3 Å². The van der Waals surface area contributed by atoms with E-state index in [1.54, 1.807) is 0 Å². The molecule has 0 fully saturated rings. The third-order valence-electron chi connectivity index (χ3n) is 11.4. The number of carbonyl (C=O) groups is 3. The highest BCUT2D eigenvalue weighted by Gasteiger charge is 2.25. The molecule has 0 rings (SSSR count). The van der Waals surface area contributed by atoms with E-state index in [2.05, 4.69) is 135 Å². The maximum absolute atomic E-state index is 12.8. The molecule has 2 unspecified atom stereocenters. The Morgan fingerprint density at radius 1 is 0.411 bits per heavy atom. The molecule has 73 heavy (non-hydrogen) atoms. The fraction of sp³-hybridized carbons (Fsp3) is 0.609. The summed E-state index contributed by atoms with van der Waals surface area (Å²) in [6, 6.07) is 0. The van der Waals surface area contributed by atoms with E-state index >= 15 is 0 Å². The largest absolute Gasteiger partial charge is 0.477 e. The normalized spacial score (nSPS) is 13.8. The molecule has 0 aliphatic rings. The van der Waals surface area contributed by atoms with Gasteiger partial charge in [0.25, 0.3) is 6.29 Å². The zero-order chi connectivity index (χ0) is 53.4. The van der Waals surface area contributed by atoms with Crippen LogP contribution in [0.3, 0.4) is 0 Å². The van der Waals surface area contributed by atoms with Crippen molar-refractivity contribution < 1.29 is 42.9 Å². The first-order chi connectivity index (χ1) is 35.6. The van der Waals surface area contributed by atoms with Crippen LogP contribution in [0.2, 0.25) is 0 Å². The Morgan fingerprint density at radius 3 is 1.15 bits per heavy atom. The number of esters is 2. The summed E-state index contributed by atoms with van der Waals surface area (Å²) in [4.78, 5) is 37.4. The molecule has 9 nitrogen and oxygen atoms in total. The summed E-state index contributed by atoms with van der Waals surface area (Å²) in [5, 5.41) is 9.69. The van der Waals surface area contributed by atoms with Gasteiger partial charge < -0.3 is 28.5 Å². The highest BCUT2D eigenvalue weighted by molar-refractivity contribution is 5.71. The summed E-state index contributed by atoms with van der Waals surface area (Å²) in [5.41, 5.74) is 0. The molecule has 0 heterocycles. The number of unbranched alkanes of at least 4 members (excludes halogenated alkanes) is 13. The van der Waals surface area contributed by atoms with Crippen molar-refractivity contribution >= 4 is 17.9 Å². The molecule has 0 aliphatic carbocycles. The number of carboxylic acid groups (broad SMARTS) is 1. The zero-order valence-electron chi connectivity index (χ0n) is 46.7. The van der Waals surface area contributed by atoms with Gasteiger partial charge in [-0.05, 0) is 96.3 Å². The predicted molar refractivity (Wildman–Crippen MR) is 308 cm³/mol. The summed E-state index contributed by atoms with van der Waals surface area (Å²) in [5.74, 6) is -2.14. The molecule has 0 aromatic carbocycles. The number of likely N-dealkylation sites (N-methyl/N-ethyl adjacent to an activating group) is 1. The van der Waals surface area contributed by atoms with Gasteiger partial charge in [-0.1, -0.05) is 218 Å². The van der Waals surface area contributed by atoms with Crippen LogP contribution in [0.4, 0.5) is 0 Å². The molecule has 0 radical (unpaired) electrons. The number of quaternary nitrogens is 1. The van der Waals surface area contributed by atoms with Gasteiger partial charge in [0.15, 0.2) is 6.10 Å². The number of hydrogen-bond donors (Lipinski definition) is 1. The van der Waals surface area contributed by atoms with Crippen LogP contribution < -0.4 is 0 Å². The fourth-order valence-electron chi connectivity index (χ4n) is 7.12. The lowest BCUT2D eigenvalue weighted by molar-refractivity contribution is -0.870. The monoisotopic (exact) mass is 1010 g/mol. The van der Waals surface area contributed by atoms with Crippen LogP contribution >= 0.6 is 0 Å². The zero-order valence-corrected chi connectivity index (χ0v) is 46.7. The lowest BCUT2D eigenvalue weighted by atomic mass is 10.0. The Labute approximate surface area is 446 Å². The van der Waals surface area contributed by atoms with Gasteiger partial charge in [-0.2, -0.15) is 0 Å². The Hall–Kier alpha value is -4.57. The van der Waals surface area contributed by atoms with E-state index in [9.17, 15) is 19.5 Å². The number of carboxylic acids is 1. The van der Waals surface area contributed by atoms with Gasteiger partial charge in [0.05, 0.1) is 34.4 Å². The highest BCUT2D eigenvalue weighted by Crippen LogP contribution is 2.15. The molecule has 0 amide bonds. The Morgan fingerprint density at radius 2 is 0.767 bits per heavy atom. The summed E-state index contributed by atoms with van der Waals surface area (Å²) >= 11 is 0. The van der Waals surface area contributed by atoms with E-state index in [-0.39, 0.29) is 38.6 Å².